The van der Waals surface area contributed by atoms with Crippen molar-refractivity contribution in [2.75, 3.05) is 18.5 Å². The SMILES string of the molecule is C[C@H](N)c1cccnc1N(C)CCc1cccs1. The summed E-state index contributed by atoms with van der Waals surface area (Å²) in [4.78, 5) is 8.03. The molecular formula is C14H19N3S. The first kappa shape index (κ1) is 13.1. The number of aromatic nitrogens is 1. The molecule has 0 aliphatic carbocycles. The van der Waals surface area contributed by atoms with Gasteiger partial charge in [-0.1, -0.05) is 12.1 Å². The fourth-order valence-corrected chi connectivity index (χ4v) is 2.62. The predicted octanol–water partition coefficient (Wildman–Crippen LogP) is 2.84. The van der Waals surface area contributed by atoms with Gasteiger partial charge in [-0.3, -0.25) is 0 Å². The molecular weight excluding hydrogens is 242 g/mol. The monoisotopic (exact) mass is 261 g/mol. The Morgan fingerprint density at radius 2 is 2.22 bits per heavy atom. The van der Waals surface area contributed by atoms with E-state index in [9.17, 15) is 0 Å². The summed E-state index contributed by atoms with van der Waals surface area (Å²) in [6.07, 6.45) is 2.87. The lowest BCUT2D eigenvalue weighted by Gasteiger charge is -2.22. The Bertz CT molecular complexity index is 480. The Morgan fingerprint density at radius 1 is 1.39 bits per heavy atom. The third-order valence-electron chi connectivity index (χ3n) is 2.94. The smallest absolute Gasteiger partial charge is 0.133 e. The van der Waals surface area contributed by atoms with Crippen molar-refractivity contribution in [3.05, 3.63) is 46.3 Å². The van der Waals surface area contributed by atoms with Crippen LogP contribution in [0.25, 0.3) is 0 Å². The van der Waals surface area contributed by atoms with Crippen LogP contribution in [0.3, 0.4) is 0 Å². The van der Waals surface area contributed by atoms with E-state index in [0.717, 1.165) is 24.3 Å². The van der Waals surface area contributed by atoms with Crippen LogP contribution in [-0.4, -0.2) is 18.6 Å². The van der Waals surface area contributed by atoms with Crippen molar-refractivity contribution in [2.24, 2.45) is 5.73 Å². The van der Waals surface area contributed by atoms with Gasteiger partial charge in [-0.25, -0.2) is 4.98 Å². The summed E-state index contributed by atoms with van der Waals surface area (Å²) >= 11 is 1.80. The van der Waals surface area contributed by atoms with Crippen LogP contribution in [0.4, 0.5) is 5.82 Å². The number of thiophene rings is 1. The first-order valence-electron chi connectivity index (χ1n) is 6.12. The maximum absolute atomic E-state index is 5.98. The van der Waals surface area contributed by atoms with Crippen LogP contribution in [0.5, 0.6) is 0 Å². The molecule has 96 valence electrons. The molecule has 18 heavy (non-hydrogen) atoms. The van der Waals surface area contributed by atoms with Crippen molar-refractivity contribution in [2.45, 2.75) is 19.4 Å². The number of hydrogen-bond acceptors (Lipinski definition) is 4. The van der Waals surface area contributed by atoms with Crippen LogP contribution in [0, 0.1) is 0 Å². The van der Waals surface area contributed by atoms with Crippen LogP contribution < -0.4 is 10.6 Å². The quantitative estimate of drug-likeness (QED) is 0.900. The first-order chi connectivity index (χ1) is 8.68. The summed E-state index contributed by atoms with van der Waals surface area (Å²) in [5.74, 6) is 0.990. The molecule has 0 saturated heterocycles. The van der Waals surface area contributed by atoms with E-state index in [1.807, 2.05) is 19.2 Å². The zero-order chi connectivity index (χ0) is 13.0. The topological polar surface area (TPSA) is 42.1 Å². The lowest BCUT2D eigenvalue weighted by atomic mass is 10.1. The molecule has 0 fully saturated rings. The van der Waals surface area contributed by atoms with Crippen LogP contribution >= 0.6 is 11.3 Å². The molecule has 0 spiro atoms. The Morgan fingerprint density at radius 3 is 2.89 bits per heavy atom. The maximum atomic E-state index is 5.98. The maximum Gasteiger partial charge on any atom is 0.133 e. The van der Waals surface area contributed by atoms with E-state index in [1.165, 1.54) is 4.88 Å². The van der Waals surface area contributed by atoms with Gasteiger partial charge >= 0.3 is 0 Å². The number of pyridine rings is 1. The summed E-state index contributed by atoms with van der Waals surface area (Å²) in [5.41, 5.74) is 7.08. The van der Waals surface area contributed by atoms with Crippen LogP contribution in [0.15, 0.2) is 35.8 Å². The Kier molecular flexibility index (Phi) is 4.33. The number of likely N-dealkylation sites (N-methyl/N-ethyl adjacent to an activating group) is 1. The van der Waals surface area contributed by atoms with Crippen LogP contribution in [0.1, 0.15) is 23.4 Å². The molecule has 2 heterocycles. The number of anilines is 1. The second-order valence-corrected chi connectivity index (χ2v) is 5.49. The standard InChI is InChI=1S/C14H19N3S/c1-11(15)13-6-3-8-16-14(13)17(2)9-7-12-5-4-10-18-12/h3-6,8,10-11H,7,9,15H2,1-2H3/t11-/m0/s1. The van der Waals surface area contributed by atoms with E-state index in [4.69, 9.17) is 5.73 Å². The highest BCUT2D eigenvalue weighted by Gasteiger charge is 2.11. The van der Waals surface area contributed by atoms with E-state index in [-0.39, 0.29) is 6.04 Å². The molecule has 0 bridgehead atoms. The fraction of sp³-hybridized carbons (Fsp3) is 0.357. The normalized spacial score (nSPS) is 12.4. The van der Waals surface area contributed by atoms with Crippen molar-refractivity contribution in [1.29, 1.82) is 0 Å². The highest BCUT2D eigenvalue weighted by atomic mass is 32.1. The first-order valence-corrected chi connectivity index (χ1v) is 7.00. The molecule has 2 N–H and O–H groups in total. The molecule has 2 aromatic rings. The van der Waals surface area contributed by atoms with E-state index in [0.29, 0.717) is 0 Å². The molecule has 4 heteroatoms. The minimum atomic E-state index is 0.0119. The van der Waals surface area contributed by atoms with E-state index in [1.54, 1.807) is 11.3 Å². The average Bonchev–Trinajstić information content (AvgIpc) is 2.89. The highest BCUT2D eigenvalue weighted by molar-refractivity contribution is 7.09. The zero-order valence-corrected chi connectivity index (χ0v) is 11.7. The zero-order valence-electron chi connectivity index (χ0n) is 10.8. The number of hydrogen-bond donors (Lipinski definition) is 1. The van der Waals surface area contributed by atoms with Gasteiger partial charge in [0.05, 0.1) is 0 Å². The Labute approximate surface area is 112 Å². The highest BCUT2D eigenvalue weighted by Crippen LogP contribution is 2.21. The summed E-state index contributed by atoms with van der Waals surface area (Å²) in [5, 5.41) is 2.11. The molecule has 0 saturated carbocycles. The second-order valence-electron chi connectivity index (χ2n) is 4.46. The van der Waals surface area contributed by atoms with Crippen LogP contribution in [-0.2, 0) is 6.42 Å². The predicted molar refractivity (Wildman–Crippen MR) is 78.1 cm³/mol. The summed E-state index contributed by atoms with van der Waals surface area (Å²) < 4.78 is 0. The third-order valence-corrected chi connectivity index (χ3v) is 3.88. The molecule has 0 aliphatic rings. The molecule has 3 nitrogen and oxygen atoms in total. The molecule has 0 aliphatic heterocycles. The molecule has 1 atom stereocenters. The van der Waals surface area contributed by atoms with Crippen molar-refractivity contribution in [1.82, 2.24) is 4.98 Å². The van der Waals surface area contributed by atoms with Gasteiger partial charge < -0.3 is 10.6 Å². The van der Waals surface area contributed by atoms with Crippen molar-refractivity contribution < 1.29 is 0 Å². The summed E-state index contributed by atoms with van der Waals surface area (Å²) in [7, 11) is 2.07. The largest absolute Gasteiger partial charge is 0.359 e. The molecule has 2 aromatic heterocycles. The van der Waals surface area contributed by atoms with Crippen molar-refractivity contribution in [3.8, 4) is 0 Å². The van der Waals surface area contributed by atoms with Gasteiger partial charge in [-0.15, -0.1) is 11.3 Å². The molecule has 0 amide bonds. The van der Waals surface area contributed by atoms with E-state index < -0.39 is 0 Å². The lowest BCUT2D eigenvalue weighted by molar-refractivity contribution is 0.785. The van der Waals surface area contributed by atoms with Crippen molar-refractivity contribution in [3.63, 3.8) is 0 Å². The van der Waals surface area contributed by atoms with E-state index >= 15 is 0 Å². The molecule has 0 unspecified atom stereocenters. The van der Waals surface area contributed by atoms with Gasteiger partial charge in [-0.05, 0) is 30.9 Å². The summed E-state index contributed by atoms with van der Waals surface area (Å²) in [6.45, 7) is 2.95. The average molecular weight is 261 g/mol. The summed E-state index contributed by atoms with van der Waals surface area (Å²) in [6, 6.07) is 8.26. The molecule has 2 rings (SSSR count). The molecule has 0 aromatic carbocycles. The minimum Gasteiger partial charge on any atom is -0.359 e. The van der Waals surface area contributed by atoms with E-state index in [2.05, 4.69) is 40.5 Å². The number of nitrogens with two attached hydrogens (primary N) is 1. The van der Waals surface area contributed by atoms with Crippen LogP contribution in [0.2, 0.25) is 0 Å². The number of nitrogens with zero attached hydrogens (tertiary/aromatic N) is 2. The third kappa shape index (κ3) is 3.09. The Hall–Kier alpha value is -1.39. The van der Waals surface area contributed by atoms with Gasteiger partial charge in [0.25, 0.3) is 0 Å². The van der Waals surface area contributed by atoms with Gasteiger partial charge in [0.15, 0.2) is 0 Å². The number of rotatable bonds is 5. The molecule has 0 radical (unpaired) electrons. The lowest BCUT2D eigenvalue weighted by Crippen LogP contribution is -2.24. The van der Waals surface area contributed by atoms with Crippen molar-refractivity contribution >= 4 is 17.2 Å². The fourth-order valence-electron chi connectivity index (χ4n) is 1.92. The Balaban J connectivity index is 2.06. The van der Waals surface area contributed by atoms with Gasteiger partial charge in [0, 0.05) is 36.3 Å². The van der Waals surface area contributed by atoms with Gasteiger partial charge in [0.1, 0.15) is 5.82 Å². The van der Waals surface area contributed by atoms with Gasteiger partial charge in [-0.2, -0.15) is 0 Å². The minimum absolute atomic E-state index is 0.0119. The van der Waals surface area contributed by atoms with Gasteiger partial charge in [0.2, 0.25) is 0 Å². The second kappa shape index (κ2) is 5.98.